The third-order valence-electron chi connectivity index (χ3n) is 9.46. The Labute approximate surface area is 383 Å². The molecule has 0 spiro atoms. The SMILES string of the molecule is CC1(C)/C(=C/C=C/C=C2/C(=O)c3ccccc3S2([O-])[O-])N(CCCS(=O)(=O)[O-])c2ccc(NC(=O)OC3c4ccccc4-c4ccccc43)cc21.[Na+].[Na+].[Na+]. The van der Waals surface area contributed by atoms with Crippen LogP contribution in [0.4, 0.5) is 16.2 Å². The first kappa shape index (κ1) is 44.7. The smallest absolute Gasteiger partial charge is 0.792 e. The molecule has 4 aromatic carbocycles. The van der Waals surface area contributed by atoms with Crippen LogP contribution in [0.5, 0.6) is 0 Å². The van der Waals surface area contributed by atoms with Crippen molar-refractivity contribution in [2.75, 3.05) is 22.5 Å². The second kappa shape index (κ2) is 17.7. The number of ether oxygens (including phenoxy) is 1. The number of hydrogen-bond donors (Lipinski definition) is 1. The van der Waals surface area contributed by atoms with E-state index in [9.17, 15) is 31.7 Å². The molecule has 2 heterocycles. The maximum absolute atomic E-state index is 13.3. The largest absolute Gasteiger partial charge is 1.00 e. The second-order valence-corrected chi connectivity index (χ2v) is 16.4. The van der Waals surface area contributed by atoms with Crippen LogP contribution in [-0.4, -0.2) is 46.3 Å². The number of nitrogens with one attached hydrogen (secondary N) is 1. The van der Waals surface area contributed by atoms with Crippen LogP contribution in [0.15, 0.2) is 131 Å². The third-order valence-corrected chi connectivity index (χ3v) is 12.1. The van der Waals surface area contributed by atoms with Gasteiger partial charge in [-0.05, 0) is 65.6 Å². The van der Waals surface area contributed by atoms with Gasteiger partial charge in [-0.3, -0.25) is 10.1 Å². The first-order valence-corrected chi connectivity index (χ1v) is 19.3. The fourth-order valence-electron chi connectivity index (χ4n) is 7.10. The summed E-state index contributed by atoms with van der Waals surface area (Å²) in [6.07, 6.45) is 4.98. The Morgan fingerprint density at radius 1 is 0.870 bits per heavy atom. The molecule has 4 aromatic rings. The number of carbonyl (C=O) groups excluding carboxylic acids is 2. The van der Waals surface area contributed by atoms with Crippen LogP contribution in [-0.2, 0) is 20.3 Å². The predicted molar refractivity (Wildman–Crippen MR) is 193 cm³/mol. The van der Waals surface area contributed by atoms with Crippen LogP contribution in [0.3, 0.4) is 0 Å². The van der Waals surface area contributed by atoms with Crippen molar-refractivity contribution < 1.29 is 125 Å². The molecule has 262 valence electrons. The minimum atomic E-state index is -4.44. The van der Waals surface area contributed by atoms with Crippen LogP contribution in [0, 0.1) is 0 Å². The molecule has 0 fully saturated rings. The minimum absolute atomic E-state index is 0. The van der Waals surface area contributed by atoms with Gasteiger partial charge in [-0.1, -0.05) is 86.7 Å². The Hall–Kier alpha value is -1.98. The van der Waals surface area contributed by atoms with Gasteiger partial charge in [0.2, 0.25) is 5.78 Å². The van der Waals surface area contributed by atoms with E-state index in [-0.39, 0.29) is 117 Å². The zero-order chi connectivity index (χ0) is 36.1. The van der Waals surface area contributed by atoms with Crippen molar-refractivity contribution in [1.29, 1.82) is 0 Å². The van der Waals surface area contributed by atoms with E-state index in [2.05, 4.69) is 5.32 Å². The summed E-state index contributed by atoms with van der Waals surface area (Å²) in [6.45, 7) is 4.13. The van der Waals surface area contributed by atoms with Gasteiger partial charge in [0.15, 0.2) is 6.10 Å². The van der Waals surface area contributed by atoms with E-state index < -0.39 is 49.9 Å². The number of benzene rings is 4. The van der Waals surface area contributed by atoms with E-state index in [4.69, 9.17) is 4.74 Å². The van der Waals surface area contributed by atoms with Crippen molar-refractivity contribution in [3.63, 3.8) is 0 Å². The summed E-state index contributed by atoms with van der Waals surface area (Å²) < 4.78 is 66.3. The molecule has 0 radical (unpaired) electrons. The maximum atomic E-state index is 13.3. The summed E-state index contributed by atoms with van der Waals surface area (Å²) in [7, 11) is -8.40. The van der Waals surface area contributed by atoms with Crippen molar-refractivity contribution >= 4 is 44.0 Å². The number of carbonyl (C=O) groups is 2. The normalized spacial score (nSPS) is 18.2. The second-order valence-electron chi connectivity index (χ2n) is 13.0. The molecule has 1 N–H and O–H groups in total. The van der Waals surface area contributed by atoms with E-state index in [1.807, 2.05) is 79.4 Å². The topological polar surface area (TPSA) is 162 Å². The molecule has 7 rings (SSSR count). The van der Waals surface area contributed by atoms with Gasteiger partial charge in [-0.15, -0.1) is 0 Å². The Morgan fingerprint density at radius 3 is 2.06 bits per heavy atom. The zero-order valence-electron chi connectivity index (χ0n) is 30.7. The number of amides is 1. The summed E-state index contributed by atoms with van der Waals surface area (Å²) in [6, 6.07) is 27.0. The number of Topliss-reactive ketones (excluding diaryl/α,β-unsaturated/α-hetero) is 1. The van der Waals surface area contributed by atoms with Crippen LogP contribution < -0.4 is 98.9 Å². The predicted octanol–water partition coefficient (Wildman–Crippen LogP) is -1.31. The van der Waals surface area contributed by atoms with Gasteiger partial charge in [-0.2, -0.15) is 0 Å². The van der Waals surface area contributed by atoms with Gasteiger partial charge in [0.05, 0.1) is 10.1 Å². The fourth-order valence-corrected chi connectivity index (χ4v) is 9.14. The first-order valence-electron chi connectivity index (χ1n) is 16.3. The average Bonchev–Trinajstić information content (AvgIpc) is 3.59. The number of anilines is 2. The number of fused-ring (bicyclic) bond motifs is 5. The molecule has 15 heteroatoms. The summed E-state index contributed by atoms with van der Waals surface area (Å²) >= 11 is 0. The van der Waals surface area contributed by atoms with Gasteiger partial charge < -0.3 is 33.9 Å². The summed E-state index contributed by atoms with van der Waals surface area (Å²) in [5, 5.41) is 2.86. The van der Waals surface area contributed by atoms with Gasteiger partial charge >= 0.3 is 94.8 Å². The van der Waals surface area contributed by atoms with Crippen molar-refractivity contribution in [3.05, 3.63) is 148 Å². The van der Waals surface area contributed by atoms with Crippen molar-refractivity contribution in [2.24, 2.45) is 0 Å². The summed E-state index contributed by atoms with van der Waals surface area (Å²) in [4.78, 5) is 27.7. The quantitative estimate of drug-likeness (QED) is 0.130. The molecule has 10 nitrogen and oxygen atoms in total. The van der Waals surface area contributed by atoms with Crippen LogP contribution in [0.2, 0.25) is 0 Å². The van der Waals surface area contributed by atoms with Gasteiger partial charge in [0, 0.05) is 61.3 Å². The number of nitrogens with zero attached hydrogens (tertiary/aromatic N) is 1. The summed E-state index contributed by atoms with van der Waals surface area (Å²) in [5.74, 6) is -1.12. The van der Waals surface area contributed by atoms with Crippen LogP contribution >= 0.6 is 10.6 Å². The fraction of sp³-hybridized carbons (Fsp3) is 0.179. The van der Waals surface area contributed by atoms with Crippen molar-refractivity contribution in [2.45, 2.75) is 36.7 Å². The van der Waals surface area contributed by atoms with Crippen molar-refractivity contribution in [3.8, 4) is 11.1 Å². The van der Waals surface area contributed by atoms with Crippen molar-refractivity contribution in [1.82, 2.24) is 0 Å². The molecular weight excluding hydrogens is 758 g/mol. The molecular formula is C39H33N2Na3O8S2. The Kier molecular flexibility index (Phi) is 14.6. The van der Waals surface area contributed by atoms with Gasteiger partial charge in [0.1, 0.15) is 0 Å². The first-order chi connectivity index (χ1) is 24.3. The maximum Gasteiger partial charge on any atom is 1.00 e. The van der Waals surface area contributed by atoms with E-state index in [0.29, 0.717) is 5.69 Å². The van der Waals surface area contributed by atoms with E-state index in [1.54, 1.807) is 30.4 Å². The number of hydrogen-bond acceptors (Lipinski definition) is 9. The van der Waals surface area contributed by atoms with E-state index in [0.717, 1.165) is 39.2 Å². The summed E-state index contributed by atoms with van der Waals surface area (Å²) in [5.41, 5.74) is 6.08. The molecule has 1 amide bonds. The Balaban J connectivity index is 0.00000217. The Bertz CT molecular complexity index is 2260. The molecule has 0 saturated heterocycles. The molecule has 1 aliphatic carbocycles. The Morgan fingerprint density at radius 2 is 1.44 bits per heavy atom. The molecule has 54 heavy (non-hydrogen) atoms. The molecule has 3 aliphatic rings. The third kappa shape index (κ3) is 8.63. The molecule has 2 aliphatic heterocycles. The molecule has 0 bridgehead atoms. The number of rotatable bonds is 8. The molecule has 0 saturated carbocycles. The number of ketones is 1. The monoisotopic (exact) mass is 790 g/mol. The van der Waals surface area contributed by atoms with E-state index in [1.165, 1.54) is 24.3 Å². The zero-order valence-corrected chi connectivity index (χ0v) is 38.3. The van der Waals surface area contributed by atoms with Crippen LogP contribution in [0.25, 0.3) is 11.1 Å². The standard InChI is InChI=1S/C39H36N2O8S2.3Na/c1-39(2)31-24-25(40-38(43)49-37-28-14-5-3-12-26(28)27-13-4-6-15-29(27)37)20-21-32(31)41(22-11-23-50(44,45)46)35(39)19-10-9-18-34-36(42)30-16-7-8-17-33(30)51(34,47)48;;;/h3-10,12-21,24,37,47-48H,11,22-23H2,1-2H3,(H,40,43)(H,44,45,46);;;/q;3*+1/p-3/b10-9+,34-18-,35-19-;;;. The molecule has 0 aromatic heterocycles. The number of allylic oxidation sites excluding steroid dienone is 6. The van der Waals surface area contributed by atoms with Gasteiger partial charge in [-0.25, -0.2) is 13.2 Å². The minimum Gasteiger partial charge on any atom is -0.792 e. The molecule has 0 atom stereocenters. The van der Waals surface area contributed by atoms with E-state index >= 15 is 0 Å². The molecule has 0 unspecified atom stereocenters. The van der Waals surface area contributed by atoms with Crippen LogP contribution in [0.1, 0.15) is 53.4 Å². The number of sulfone groups is 1. The van der Waals surface area contributed by atoms with Gasteiger partial charge in [0.25, 0.3) is 0 Å². The average molecular weight is 791 g/mol.